The van der Waals surface area contributed by atoms with Gasteiger partial charge in [0, 0.05) is 30.6 Å². The highest BCUT2D eigenvalue weighted by atomic mass is 35.5. The number of benzene rings is 1. The highest BCUT2D eigenvalue weighted by Gasteiger charge is 2.28. The summed E-state index contributed by atoms with van der Waals surface area (Å²) >= 11 is 0. The molecule has 0 aliphatic carbocycles. The number of carbonyl (C=O) groups is 1. The number of nitro groups is 1. The van der Waals surface area contributed by atoms with Crippen LogP contribution >= 0.6 is 12.4 Å². The second kappa shape index (κ2) is 6.29. The van der Waals surface area contributed by atoms with Gasteiger partial charge in [0.2, 0.25) is 0 Å². The number of nitrogens with one attached hydrogen (secondary N) is 1. The predicted octanol–water partition coefficient (Wildman–Crippen LogP) is 1.31. The van der Waals surface area contributed by atoms with Crippen LogP contribution in [0.5, 0.6) is 0 Å². The van der Waals surface area contributed by atoms with Crippen molar-refractivity contribution in [1.29, 1.82) is 0 Å². The zero-order valence-corrected chi connectivity index (χ0v) is 12.5. The second-order valence-corrected chi connectivity index (χ2v) is 5.20. The zero-order chi connectivity index (χ0) is 15.0. The fourth-order valence-electron chi connectivity index (χ4n) is 2.64. The van der Waals surface area contributed by atoms with Gasteiger partial charge in [-0.2, -0.15) is 5.10 Å². The van der Waals surface area contributed by atoms with Crippen LogP contribution in [-0.4, -0.2) is 45.6 Å². The predicted molar refractivity (Wildman–Crippen MR) is 83.1 cm³/mol. The molecule has 3 rings (SSSR count). The number of H-pyrrole nitrogens is 1. The Labute approximate surface area is 132 Å². The molecule has 0 radical (unpaired) electrons. The lowest BCUT2D eigenvalue weighted by molar-refractivity contribution is -0.384. The van der Waals surface area contributed by atoms with E-state index in [0.29, 0.717) is 36.5 Å². The maximum absolute atomic E-state index is 12.5. The minimum Gasteiger partial charge on any atom is -0.337 e. The largest absolute Gasteiger partial charge is 0.337 e. The van der Waals surface area contributed by atoms with Gasteiger partial charge in [0.15, 0.2) is 5.69 Å². The first kappa shape index (κ1) is 16.2. The maximum Gasteiger partial charge on any atom is 0.275 e. The van der Waals surface area contributed by atoms with Crippen molar-refractivity contribution in [3.63, 3.8) is 0 Å². The molecule has 3 N–H and O–H groups in total. The normalized spacial score (nSPS) is 17.5. The Morgan fingerprint density at radius 2 is 2.32 bits per heavy atom. The zero-order valence-electron chi connectivity index (χ0n) is 11.7. The van der Waals surface area contributed by atoms with Crippen molar-refractivity contribution in [1.82, 2.24) is 15.1 Å². The van der Waals surface area contributed by atoms with Gasteiger partial charge in [-0.25, -0.2) is 0 Å². The number of aromatic nitrogens is 2. The Hall–Kier alpha value is -2.19. The van der Waals surface area contributed by atoms with Crippen LogP contribution in [0.15, 0.2) is 18.2 Å². The molecule has 1 unspecified atom stereocenters. The fraction of sp³-hybridized carbons (Fsp3) is 0.385. The number of non-ortho nitro benzene ring substituents is 1. The lowest BCUT2D eigenvalue weighted by Crippen LogP contribution is -2.30. The van der Waals surface area contributed by atoms with Gasteiger partial charge < -0.3 is 10.6 Å². The molecule has 1 amide bonds. The summed E-state index contributed by atoms with van der Waals surface area (Å²) in [5, 5.41) is 18.1. The third kappa shape index (κ3) is 2.75. The molecule has 1 atom stereocenters. The van der Waals surface area contributed by atoms with Gasteiger partial charge >= 0.3 is 0 Å². The van der Waals surface area contributed by atoms with Crippen LogP contribution in [0.1, 0.15) is 16.9 Å². The van der Waals surface area contributed by atoms with Crippen LogP contribution in [0.4, 0.5) is 5.69 Å². The Kier molecular flexibility index (Phi) is 4.62. The van der Waals surface area contributed by atoms with Crippen LogP contribution in [0.3, 0.4) is 0 Å². The molecule has 1 aromatic heterocycles. The lowest BCUT2D eigenvalue weighted by atomic mass is 10.1. The van der Waals surface area contributed by atoms with Crippen LogP contribution in [0.25, 0.3) is 10.9 Å². The second-order valence-electron chi connectivity index (χ2n) is 5.20. The van der Waals surface area contributed by atoms with E-state index < -0.39 is 4.92 Å². The maximum atomic E-state index is 12.5. The number of nitrogens with zero attached hydrogens (tertiary/aromatic N) is 3. The highest BCUT2D eigenvalue weighted by molar-refractivity contribution is 6.05. The standard InChI is InChI=1S/C13H15N5O3.ClH/c14-6-8-3-4-17(7-8)13(19)12-10-5-9(18(20)21)1-2-11(10)15-16-12;/h1-2,5,8H,3-4,6-7,14H2,(H,15,16);1H. The molecule has 1 aliphatic rings. The van der Waals surface area contributed by atoms with Gasteiger partial charge in [-0.1, -0.05) is 0 Å². The molecule has 1 aromatic carbocycles. The number of likely N-dealkylation sites (tertiary alicyclic amines) is 1. The summed E-state index contributed by atoms with van der Waals surface area (Å²) in [6, 6.07) is 4.32. The molecule has 1 saturated heterocycles. The Bertz CT molecular complexity index is 717. The highest BCUT2D eigenvalue weighted by Crippen LogP contribution is 2.24. The molecule has 0 bridgehead atoms. The molecule has 0 saturated carbocycles. The summed E-state index contributed by atoms with van der Waals surface area (Å²) in [5.41, 5.74) is 6.41. The van der Waals surface area contributed by atoms with E-state index >= 15 is 0 Å². The first-order valence-corrected chi connectivity index (χ1v) is 6.72. The number of fused-ring (bicyclic) bond motifs is 1. The molecule has 2 aromatic rings. The Balaban J connectivity index is 0.00000176. The van der Waals surface area contributed by atoms with Crippen LogP contribution in [0.2, 0.25) is 0 Å². The van der Waals surface area contributed by atoms with E-state index in [2.05, 4.69) is 10.2 Å². The van der Waals surface area contributed by atoms with Gasteiger partial charge in [0.1, 0.15) is 0 Å². The molecule has 118 valence electrons. The van der Waals surface area contributed by atoms with Gasteiger partial charge in [-0.15, -0.1) is 12.4 Å². The van der Waals surface area contributed by atoms with Crippen LogP contribution < -0.4 is 5.73 Å². The van der Waals surface area contributed by atoms with Crippen LogP contribution in [0, 0.1) is 16.0 Å². The van der Waals surface area contributed by atoms with Crippen molar-refractivity contribution >= 4 is 34.9 Å². The van der Waals surface area contributed by atoms with Crippen molar-refractivity contribution in [3.05, 3.63) is 34.0 Å². The van der Waals surface area contributed by atoms with Gasteiger partial charge in [-0.3, -0.25) is 20.0 Å². The van der Waals surface area contributed by atoms with E-state index in [1.165, 1.54) is 12.1 Å². The first-order chi connectivity index (χ1) is 10.1. The SMILES string of the molecule is Cl.NCC1CCN(C(=O)c2n[nH]c3ccc([N+](=O)[O-])cc23)C1. The van der Waals surface area contributed by atoms with Crippen molar-refractivity contribution in [2.24, 2.45) is 11.7 Å². The molecule has 8 nitrogen and oxygen atoms in total. The molecule has 0 spiro atoms. The fourth-order valence-corrected chi connectivity index (χ4v) is 2.64. The monoisotopic (exact) mass is 325 g/mol. The van der Waals surface area contributed by atoms with E-state index in [4.69, 9.17) is 5.73 Å². The number of aromatic amines is 1. The number of carbonyl (C=O) groups excluding carboxylic acids is 1. The average Bonchev–Trinajstić information content (AvgIpc) is 3.12. The van der Waals surface area contributed by atoms with Crippen molar-refractivity contribution in [2.75, 3.05) is 19.6 Å². The van der Waals surface area contributed by atoms with Gasteiger partial charge in [-0.05, 0) is 24.9 Å². The minimum absolute atomic E-state index is 0. The summed E-state index contributed by atoms with van der Waals surface area (Å²) in [4.78, 5) is 24.6. The number of nitro benzene ring substituents is 1. The summed E-state index contributed by atoms with van der Waals surface area (Å²) < 4.78 is 0. The van der Waals surface area contributed by atoms with E-state index in [1.54, 1.807) is 11.0 Å². The molecule has 1 fully saturated rings. The quantitative estimate of drug-likeness (QED) is 0.651. The number of hydrogen-bond acceptors (Lipinski definition) is 5. The van der Waals surface area contributed by atoms with Gasteiger partial charge in [0.05, 0.1) is 10.4 Å². The molecular weight excluding hydrogens is 310 g/mol. The average molecular weight is 326 g/mol. The topological polar surface area (TPSA) is 118 Å². The molecular formula is C13H16ClN5O3. The first-order valence-electron chi connectivity index (χ1n) is 6.72. The third-order valence-electron chi connectivity index (χ3n) is 3.87. The number of nitrogens with two attached hydrogens (primary N) is 1. The smallest absolute Gasteiger partial charge is 0.275 e. The number of hydrogen-bond donors (Lipinski definition) is 2. The summed E-state index contributed by atoms with van der Waals surface area (Å²) in [5.74, 6) is 0.103. The molecule has 2 heterocycles. The van der Waals surface area contributed by atoms with Gasteiger partial charge in [0.25, 0.3) is 11.6 Å². The van der Waals surface area contributed by atoms with Crippen molar-refractivity contribution in [3.8, 4) is 0 Å². The minimum atomic E-state index is -0.485. The summed E-state index contributed by atoms with van der Waals surface area (Å²) in [6.07, 6.45) is 0.880. The number of rotatable bonds is 3. The number of halogens is 1. The Morgan fingerprint density at radius 3 is 2.95 bits per heavy atom. The van der Waals surface area contributed by atoms with E-state index in [1.807, 2.05) is 0 Å². The molecule has 1 aliphatic heterocycles. The van der Waals surface area contributed by atoms with Crippen molar-refractivity contribution in [2.45, 2.75) is 6.42 Å². The molecule has 22 heavy (non-hydrogen) atoms. The molecule has 9 heteroatoms. The van der Waals surface area contributed by atoms with E-state index in [-0.39, 0.29) is 29.7 Å². The Morgan fingerprint density at radius 1 is 1.55 bits per heavy atom. The van der Waals surface area contributed by atoms with Crippen molar-refractivity contribution < 1.29 is 9.72 Å². The number of amides is 1. The van der Waals surface area contributed by atoms with E-state index in [9.17, 15) is 14.9 Å². The van der Waals surface area contributed by atoms with Crippen LogP contribution in [-0.2, 0) is 0 Å². The van der Waals surface area contributed by atoms with E-state index in [0.717, 1.165) is 6.42 Å². The summed E-state index contributed by atoms with van der Waals surface area (Å²) in [7, 11) is 0. The summed E-state index contributed by atoms with van der Waals surface area (Å²) in [6.45, 7) is 1.80. The lowest BCUT2D eigenvalue weighted by Gasteiger charge is -2.14. The third-order valence-corrected chi connectivity index (χ3v) is 3.87.